The van der Waals surface area contributed by atoms with Crippen molar-refractivity contribution in [1.82, 2.24) is 14.7 Å². The fourth-order valence-electron chi connectivity index (χ4n) is 11.0. The maximum Gasteiger partial charge on any atom is 0.410 e. The summed E-state index contributed by atoms with van der Waals surface area (Å²) in [7, 11) is 2.92. The fraction of sp³-hybridized carbons (Fsp3) is 0.453. The maximum absolute atomic E-state index is 14.3. The van der Waals surface area contributed by atoms with E-state index in [1.165, 1.54) is 30.1 Å². The minimum atomic E-state index is -2.38. The topological polar surface area (TPSA) is 236 Å². The van der Waals surface area contributed by atoms with E-state index in [2.05, 4.69) is 4.90 Å². The minimum absolute atomic E-state index is 0.0397. The monoisotopic (exact) mass is 990 g/mol. The first kappa shape index (κ1) is 49.1. The number of rotatable bonds is 10. The van der Waals surface area contributed by atoms with E-state index < -0.39 is 96.9 Å². The van der Waals surface area contributed by atoms with Crippen LogP contribution < -0.4 is 4.74 Å². The molecule has 4 aromatic rings. The van der Waals surface area contributed by atoms with Crippen LogP contribution in [-0.4, -0.2) is 162 Å². The van der Waals surface area contributed by atoms with E-state index >= 15 is 0 Å². The average Bonchev–Trinajstić information content (AvgIpc) is 3.77. The molecule has 0 radical (unpaired) electrons. The largest absolute Gasteiger partial charge is 0.507 e. The molecule has 4 heterocycles. The van der Waals surface area contributed by atoms with Crippen molar-refractivity contribution >= 4 is 29.5 Å². The number of carbonyl (C=O) groups is 4. The van der Waals surface area contributed by atoms with Crippen LogP contribution in [0.2, 0.25) is 0 Å². The van der Waals surface area contributed by atoms with Crippen LogP contribution in [0, 0.1) is 5.41 Å². The van der Waals surface area contributed by atoms with E-state index in [9.17, 15) is 39.9 Å². The van der Waals surface area contributed by atoms with E-state index in [0.29, 0.717) is 13.2 Å². The lowest BCUT2D eigenvalue weighted by Crippen LogP contribution is -2.55. The lowest BCUT2D eigenvalue weighted by molar-refractivity contribution is -0.256. The zero-order chi connectivity index (χ0) is 50.8. The third-order valence-corrected chi connectivity index (χ3v) is 14.9. The van der Waals surface area contributed by atoms with Crippen molar-refractivity contribution in [3.63, 3.8) is 0 Å². The molecule has 72 heavy (non-hydrogen) atoms. The van der Waals surface area contributed by atoms with Gasteiger partial charge in [-0.25, -0.2) is 9.59 Å². The number of carbonyl (C=O) groups excluding carboxylic acids is 4. The zero-order valence-corrected chi connectivity index (χ0v) is 40.6. The Bertz CT molecular complexity index is 2800. The van der Waals surface area contributed by atoms with Gasteiger partial charge in [0.2, 0.25) is 5.78 Å². The normalized spacial score (nSPS) is 26.9. The number of aliphatic hydroxyl groups is 1. The number of phenols is 2. The number of morpholine rings is 1. The van der Waals surface area contributed by atoms with Gasteiger partial charge < -0.3 is 63.0 Å². The van der Waals surface area contributed by atoms with Gasteiger partial charge in [0, 0.05) is 81.8 Å². The molecule has 0 aromatic heterocycles. The summed E-state index contributed by atoms with van der Waals surface area (Å²) in [4.78, 5) is 60.3. The average molecular weight is 991 g/mol. The van der Waals surface area contributed by atoms with Crippen molar-refractivity contribution in [3.8, 4) is 28.4 Å². The quantitative estimate of drug-likeness (QED) is 0.128. The smallest absolute Gasteiger partial charge is 0.410 e. The van der Waals surface area contributed by atoms with Gasteiger partial charge in [-0.2, -0.15) is 0 Å². The number of phenolic OH excluding ortho intramolecular Hbond substituents is 2. The first-order valence-electron chi connectivity index (χ1n) is 24.1. The summed E-state index contributed by atoms with van der Waals surface area (Å²) in [5, 5.41) is 46.0. The Morgan fingerprint density at radius 1 is 0.847 bits per heavy atom. The predicted molar refractivity (Wildman–Crippen MR) is 255 cm³/mol. The number of methoxy groups -OCH3 is 2. The molecule has 4 saturated heterocycles. The van der Waals surface area contributed by atoms with Crippen molar-refractivity contribution < 1.29 is 72.4 Å². The Kier molecular flexibility index (Phi) is 13.1. The van der Waals surface area contributed by atoms with Gasteiger partial charge >= 0.3 is 12.2 Å². The lowest BCUT2D eigenvalue weighted by Gasteiger charge is -2.43. The molecule has 4 aromatic carbocycles. The highest BCUT2D eigenvalue weighted by molar-refractivity contribution is 6.32. The van der Waals surface area contributed by atoms with Crippen molar-refractivity contribution in [3.05, 3.63) is 112 Å². The summed E-state index contributed by atoms with van der Waals surface area (Å²) in [5.41, 5.74) is -1.41. The van der Waals surface area contributed by atoms with Crippen LogP contribution in [0.4, 0.5) is 9.59 Å². The predicted octanol–water partition coefficient (Wildman–Crippen LogP) is 5.40. The number of ketones is 2. The van der Waals surface area contributed by atoms with Gasteiger partial charge in [0.25, 0.3) is 0 Å². The molecule has 8 atom stereocenters. The lowest BCUT2D eigenvalue weighted by atomic mass is 9.71. The third-order valence-electron chi connectivity index (χ3n) is 14.9. The van der Waals surface area contributed by atoms with Crippen LogP contribution in [0.5, 0.6) is 17.2 Å². The van der Waals surface area contributed by atoms with Crippen LogP contribution >= 0.6 is 0 Å². The highest BCUT2D eigenvalue weighted by Gasteiger charge is 2.55. The van der Waals surface area contributed by atoms with Gasteiger partial charge in [0.05, 0.1) is 48.3 Å². The number of aromatic hydroxyl groups is 2. The molecule has 0 unspecified atom stereocenters. The Balaban J connectivity index is 0.846. The molecule has 4 N–H and O–H groups in total. The molecular weight excluding hydrogens is 933 g/mol. The summed E-state index contributed by atoms with van der Waals surface area (Å²) in [5.74, 6) is -2.65. The molecule has 380 valence electrons. The number of piperazine rings is 1. The van der Waals surface area contributed by atoms with Gasteiger partial charge in [-0.1, -0.05) is 66.7 Å². The van der Waals surface area contributed by atoms with Crippen molar-refractivity contribution in [2.75, 3.05) is 60.2 Å². The van der Waals surface area contributed by atoms with E-state index in [1.807, 2.05) is 61.5 Å². The van der Waals surface area contributed by atoms with Gasteiger partial charge in [-0.05, 0) is 43.5 Å². The second-order valence-electron chi connectivity index (χ2n) is 19.5. The summed E-state index contributed by atoms with van der Waals surface area (Å²) in [6, 6.07) is 22.1. The van der Waals surface area contributed by atoms with Crippen molar-refractivity contribution in [1.29, 1.82) is 5.41 Å². The zero-order valence-electron chi connectivity index (χ0n) is 40.6. The number of hydrogen-bond acceptors (Lipinski definition) is 17. The highest BCUT2D eigenvalue weighted by atomic mass is 16.7. The second kappa shape index (κ2) is 19.2. The highest BCUT2D eigenvalue weighted by Crippen LogP contribution is 2.53. The van der Waals surface area contributed by atoms with Gasteiger partial charge in [0.1, 0.15) is 34.6 Å². The number of ether oxygens (including phenoxy) is 8. The second-order valence-corrected chi connectivity index (χ2v) is 19.5. The third kappa shape index (κ3) is 8.65. The number of Topliss-reactive ketones (excluding diaryl/α,β-unsaturated/α-hetero) is 1. The number of nitrogens with one attached hydrogen (secondary N) is 1. The summed E-state index contributed by atoms with van der Waals surface area (Å²) in [6.07, 6.45) is -6.70. The van der Waals surface area contributed by atoms with E-state index in [-0.39, 0.29) is 89.6 Å². The van der Waals surface area contributed by atoms with Gasteiger partial charge in [0.15, 0.2) is 31.2 Å². The molecule has 2 aliphatic carbocycles. The molecular formula is C53H58N4O15. The molecule has 4 aliphatic heterocycles. The summed E-state index contributed by atoms with van der Waals surface area (Å²) < 4.78 is 47.7. The van der Waals surface area contributed by atoms with Crippen molar-refractivity contribution in [2.45, 2.75) is 94.4 Å². The molecule has 0 saturated carbocycles. The number of hydrogen-bond donors (Lipinski definition) is 4. The van der Waals surface area contributed by atoms with E-state index in [4.69, 9.17) is 37.9 Å². The molecule has 2 amide bonds. The first-order chi connectivity index (χ1) is 34.5. The minimum Gasteiger partial charge on any atom is -0.507 e. The Morgan fingerprint density at radius 3 is 2.24 bits per heavy atom. The van der Waals surface area contributed by atoms with Crippen LogP contribution in [-0.2, 0) is 50.0 Å². The molecule has 6 aliphatic rings. The van der Waals surface area contributed by atoms with Crippen LogP contribution in [0.3, 0.4) is 0 Å². The van der Waals surface area contributed by atoms with Gasteiger partial charge in [-0.15, -0.1) is 0 Å². The molecule has 0 spiro atoms. The van der Waals surface area contributed by atoms with E-state index in [1.54, 1.807) is 26.0 Å². The molecule has 19 heteroatoms. The summed E-state index contributed by atoms with van der Waals surface area (Å²) in [6.45, 7) is 5.88. The Labute approximate surface area is 415 Å². The standard InChI is InChI=1S/C53H58N4O15/c1-28-47-34(57-22-23-67-49(66-5)48(57)71-47)24-38(69-28)70-36-26-53(64,25-33-40(36)46(61)41-42(45(33)60)44(59)32-12-9-13-35(65-4)39(32)43(41)54)37(58)27-68-50(62)55-18-20-56(21-19-55)51(63)72-52(2,3)31-16-14-30(15-17-31)29-10-7-6-8-11-29/h6-17,28,34,36,38,47-49,54,60-61,64H,18-27H2,1-5H3/t28-,34-,36-,38-,47+,48+,49-,53-/m0/s1. The molecule has 10 rings (SSSR count). The van der Waals surface area contributed by atoms with Gasteiger partial charge in [-0.3, -0.25) is 19.9 Å². The Hall–Kier alpha value is -6.45. The van der Waals surface area contributed by atoms with Crippen molar-refractivity contribution in [2.24, 2.45) is 0 Å². The number of nitrogens with zero attached hydrogens (tertiary/aromatic N) is 3. The Morgan fingerprint density at radius 2 is 1.54 bits per heavy atom. The van der Waals surface area contributed by atoms with Crippen LogP contribution in [0.15, 0.2) is 72.8 Å². The number of benzene rings is 4. The van der Waals surface area contributed by atoms with Crippen LogP contribution in [0.1, 0.15) is 83.5 Å². The molecule has 19 nitrogen and oxygen atoms in total. The number of amides is 2. The number of fused-ring (bicyclic) bond motifs is 6. The fourth-order valence-corrected chi connectivity index (χ4v) is 11.0. The van der Waals surface area contributed by atoms with Crippen LogP contribution in [0.25, 0.3) is 11.1 Å². The SMILES string of the molecule is COc1cccc2c1C(=N)c1c(O)c3c(c(O)c1C2=O)C[C@@](O)(C(=O)COC(=O)N1CCN(C(=O)OC(C)(C)c2ccc(-c4ccccc4)cc2)CC1)C[C@@H]3O[C@H]1C[C@H]2[C@H](O[C@@H]3[C@@H](OC)OCCN32)[C@H](C)O1. The summed E-state index contributed by atoms with van der Waals surface area (Å²) >= 11 is 0. The first-order valence-corrected chi connectivity index (χ1v) is 24.1. The van der Waals surface area contributed by atoms with E-state index in [0.717, 1.165) is 16.7 Å². The molecule has 0 bridgehead atoms. The molecule has 4 fully saturated rings. The maximum atomic E-state index is 14.3.